The average molecular weight is 327 g/mol. The van der Waals surface area contributed by atoms with Gasteiger partial charge in [-0.15, -0.1) is 0 Å². The highest BCUT2D eigenvalue weighted by Crippen LogP contribution is 2.16. The Balaban J connectivity index is 1.66. The zero-order valence-electron chi connectivity index (χ0n) is 13.7. The Morgan fingerprint density at radius 2 is 2.12 bits per heavy atom. The number of aromatic amines is 1. The lowest BCUT2D eigenvalue weighted by Crippen LogP contribution is -2.50. The van der Waals surface area contributed by atoms with Gasteiger partial charge >= 0.3 is 0 Å². The summed E-state index contributed by atoms with van der Waals surface area (Å²) in [6.45, 7) is 3.30. The minimum absolute atomic E-state index is 0.0179. The molecule has 126 valence electrons. The molecule has 1 aromatic heterocycles. The molecule has 2 aromatic rings. The molecule has 2 heterocycles. The number of morpholine rings is 1. The van der Waals surface area contributed by atoms with Gasteiger partial charge in [0.2, 0.25) is 5.91 Å². The Hall–Kier alpha value is -2.47. The molecule has 6 heteroatoms. The maximum Gasteiger partial charge on any atom is 0.229 e. The third kappa shape index (κ3) is 3.89. The molecule has 0 saturated carbocycles. The molecular formula is C18H21N3O3. The van der Waals surface area contributed by atoms with Gasteiger partial charge in [-0.2, -0.15) is 5.10 Å². The van der Waals surface area contributed by atoms with Gasteiger partial charge in [0.25, 0.3) is 0 Å². The number of carbonyl (C=O) groups is 2. The number of aryl methyl sites for hydroxylation is 1. The van der Waals surface area contributed by atoms with E-state index in [0.29, 0.717) is 25.3 Å². The van der Waals surface area contributed by atoms with Crippen LogP contribution in [-0.4, -0.2) is 52.6 Å². The highest BCUT2D eigenvalue weighted by Gasteiger charge is 2.29. The van der Waals surface area contributed by atoms with E-state index in [4.69, 9.17) is 4.74 Å². The van der Waals surface area contributed by atoms with Gasteiger partial charge in [-0.25, -0.2) is 0 Å². The number of nitrogens with zero attached hydrogens (tertiary/aromatic N) is 2. The Bertz CT molecular complexity index is 711. The van der Waals surface area contributed by atoms with Crippen LogP contribution in [0.5, 0.6) is 0 Å². The van der Waals surface area contributed by atoms with E-state index in [2.05, 4.69) is 10.2 Å². The van der Waals surface area contributed by atoms with Crippen LogP contribution in [0.3, 0.4) is 0 Å². The van der Waals surface area contributed by atoms with Gasteiger partial charge in [-0.1, -0.05) is 30.3 Å². The maximum atomic E-state index is 12.6. The number of benzene rings is 1. The summed E-state index contributed by atoms with van der Waals surface area (Å²) in [7, 11) is 0. The normalized spacial score (nSPS) is 17.7. The molecule has 0 aliphatic carbocycles. The second-order valence-corrected chi connectivity index (χ2v) is 6.03. The van der Waals surface area contributed by atoms with Gasteiger partial charge in [0.15, 0.2) is 5.78 Å². The number of aromatic nitrogens is 2. The van der Waals surface area contributed by atoms with Crippen LogP contribution in [0.1, 0.15) is 28.2 Å². The second kappa shape index (κ2) is 7.40. The van der Waals surface area contributed by atoms with Crippen molar-refractivity contribution in [3.8, 4) is 0 Å². The fraction of sp³-hybridized carbons (Fsp3) is 0.389. The molecule has 0 radical (unpaired) electrons. The van der Waals surface area contributed by atoms with Crippen molar-refractivity contribution in [2.75, 3.05) is 19.8 Å². The number of ketones is 1. The number of nitrogens with one attached hydrogen (secondary N) is 1. The molecule has 1 amide bonds. The number of ether oxygens (including phenoxy) is 1. The summed E-state index contributed by atoms with van der Waals surface area (Å²) in [5, 5.41) is 6.96. The zero-order valence-corrected chi connectivity index (χ0v) is 13.7. The molecular weight excluding hydrogens is 306 g/mol. The largest absolute Gasteiger partial charge is 0.377 e. The van der Waals surface area contributed by atoms with Gasteiger partial charge in [0, 0.05) is 24.2 Å². The third-order valence-electron chi connectivity index (χ3n) is 4.16. The van der Waals surface area contributed by atoms with E-state index in [0.717, 1.165) is 11.4 Å². The van der Waals surface area contributed by atoms with Crippen molar-refractivity contribution in [2.24, 2.45) is 0 Å². The SMILES string of the molecule is Cc1cc(CC(=O)N2CCOCC2CC(=O)c2ccccc2)n[nH]1. The molecule has 1 fully saturated rings. The van der Waals surface area contributed by atoms with Crippen LogP contribution < -0.4 is 0 Å². The highest BCUT2D eigenvalue weighted by atomic mass is 16.5. The molecule has 0 spiro atoms. The fourth-order valence-electron chi connectivity index (χ4n) is 2.93. The van der Waals surface area contributed by atoms with E-state index in [1.165, 1.54) is 0 Å². The van der Waals surface area contributed by atoms with Crippen LogP contribution in [0.4, 0.5) is 0 Å². The van der Waals surface area contributed by atoms with Crippen molar-refractivity contribution in [1.82, 2.24) is 15.1 Å². The molecule has 1 aromatic carbocycles. The third-order valence-corrected chi connectivity index (χ3v) is 4.16. The molecule has 1 N–H and O–H groups in total. The van der Waals surface area contributed by atoms with Crippen LogP contribution in [-0.2, 0) is 16.0 Å². The summed E-state index contributed by atoms with van der Waals surface area (Å²) in [6.07, 6.45) is 0.510. The molecule has 1 aliphatic heterocycles. The fourth-order valence-corrected chi connectivity index (χ4v) is 2.93. The summed E-state index contributed by atoms with van der Waals surface area (Å²) in [5.74, 6) is 0.00942. The number of hydrogen-bond donors (Lipinski definition) is 1. The first-order valence-corrected chi connectivity index (χ1v) is 8.10. The van der Waals surface area contributed by atoms with Crippen molar-refractivity contribution in [3.05, 3.63) is 53.3 Å². The van der Waals surface area contributed by atoms with E-state index in [-0.39, 0.29) is 30.6 Å². The first kappa shape index (κ1) is 16.4. The van der Waals surface area contributed by atoms with Crippen LogP contribution in [0.2, 0.25) is 0 Å². The number of Topliss-reactive ketones (excluding diaryl/α,β-unsaturated/α-hetero) is 1. The second-order valence-electron chi connectivity index (χ2n) is 6.03. The van der Waals surface area contributed by atoms with Crippen molar-refractivity contribution in [1.29, 1.82) is 0 Å². The Morgan fingerprint density at radius 1 is 1.33 bits per heavy atom. The Kier molecular flexibility index (Phi) is 5.05. The topological polar surface area (TPSA) is 75.3 Å². The van der Waals surface area contributed by atoms with Gasteiger partial charge in [0.05, 0.1) is 31.4 Å². The van der Waals surface area contributed by atoms with Crippen molar-refractivity contribution in [3.63, 3.8) is 0 Å². The maximum absolute atomic E-state index is 12.6. The Morgan fingerprint density at radius 3 is 2.83 bits per heavy atom. The smallest absolute Gasteiger partial charge is 0.229 e. The number of amides is 1. The average Bonchev–Trinajstić information content (AvgIpc) is 3.01. The van der Waals surface area contributed by atoms with Gasteiger partial charge in [0.1, 0.15) is 0 Å². The van der Waals surface area contributed by atoms with E-state index in [1.807, 2.05) is 31.2 Å². The minimum atomic E-state index is -0.223. The zero-order chi connectivity index (χ0) is 16.9. The lowest BCUT2D eigenvalue weighted by atomic mass is 10.0. The highest BCUT2D eigenvalue weighted by molar-refractivity contribution is 5.96. The first-order valence-electron chi connectivity index (χ1n) is 8.10. The van der Waals surface area contributed by atoms with Crippen molar-refractivity contribution in [2.45, 2.75) is 25.8 Å². The van der Waals surface area contributed by atoms with E-state index < -0.39 is 0 Å². The van der Waals surface area contributed by atoms with Crippen LogP contribution in [0.25, 0.3) is 0 Å². The summed E-state index contributed by atoms with van der Waals surface area (Å²) >= 11 is 0. The van der Waals surface area contributed by atoms with Crippen LogP contribution >= 0.6 is 0 Å². The standard InChI is InChI=1S/C18H21N3O3/c1-13-9-15(20-19-13)10-18(23)21-7-8-24-12-16(21)11-17(22)14-5-3-2-4-6-14/h2-6,9,16H,7-8,10-12H2,1H3,(H,19,20). The van der Waals surface area contributed by atoms with Gasteiger partial charge < -0.3 is 9.64 Å². The minimum Gasteiger partial charge on any atom is -0.377 e. The molecule has 0 bridgehead atoms. The molecule has 1 saturated heterocycles. The predicted molar refractivity (Wildman–Crippen MR) is 88.7 cm³/mol. The summed E-state index contributed by atoms with van der Waals surface area (Å²) in [5.41, 5.74) is 2.31. The molecule has 1 aliphatic rings. The monoisotopic (exact) mass is 327 g/mol. The van der Waals surface area contributed by atoms with Gasteiger partial charge in [-0.3, -0.25) is 14.7 Å². The lowest BCUT2D eigenvalue weighted by Gasteiger charge is -2.35. The lowest BCUT2D eigenvalue weighted by molar-refractivity contribution is -0.139. The number of hydrogen-bond acceptors (Lipinski definition) is 4. The van der Waals surface area contributed by atoms with E-state index in [9.17, 15) is 9.59 Å². The number of carbonyl (C=O) groups excluding carboxylic acids is 2. The van der Waals surface area contributed by atoms with Crippen molar-refractivity contribution < 1.29 is 14.3 Å². The van der Waals surface area contributed by atoms with Crippen LogP contribution in [0.15, 0.2) is 36.4 Å². The van der Waals surface area contributed by atoms with Crippen molar-refractivity contribution >= 4 is 11.7 Å². The van der Waals surface area contributed by atoms with E-state index in [1.54, 1.807) is 17.0 Å². The number of H-pyrrole nitrogens is 1. The molecule has 1 unspecified atom stereocenters. The van der Waals surface area contributed by atoms with Crippen LogP contribution in [0, 0.1) is 6.92 Å². The molecule has 1 atom stereocenters. The molecule has 24 heavy (non-hydrogen) atoms. The quantitative estimate of drug-likeness (QED) is 0.849. The molecule has 3 rings (SSSR count). The summed E-state index contributed by atoms with van der Waals surface area (Å²) < 4.78 is 5.49. The predicted octanol–water partition coefficient (Wildman–Crippen LogP) is 1.76. The Labute approximate surface area is 140 Å². The summed E-state index contributed by atoms with van der Waals surface area (Å²) in [4.78, 5) is 26.8. The first-order chi connectivity index (χ1) is 11.6. The summed E-state index contributed by atoms with van der Waals surface area (Å²) in [6, 6.07) is 10.8. The molecule has 6 nitrogen and oxygen atoms in total. The number of rotatable bonds is 5. The van der Waals surface area contributed by atoms with Gasteiger partial charge in [-0.05, 0) is 13.0 Å². The van der Waals surface area contributed by atoms with E-state index >= 15 is 0 Å².